The molecule has 12 rings (SSSR count). The van der Waals surface area contributed by atoms with Crippen LogP contribution in [-0.2, 0) is 19.5 Å². The summed E-state index contributed by atoms with van der Waals surface area (Å²) in [6.45, 7) is 11.0. The van der Waals surface area contributed by atoms with Crippen molar-refractivity contribution in [1.82, 2.24) is 13.7 Å². The van der Waals surface area contributed by atoms with Crippen molar-refractivity contribution >= 4 is 83.7 Å². The molecule has 0 N–H and O–H groups in total. The Balaban J connectivity index is 0.000000172. The maximum atomic E-state index is 2.42. The maximum absolute atomic E-state index is 2.42. The van der Waals surface area contributed by atoms with Gasteiger partial charge in [0.25, 0.3) is 0 Å². The average Bonchev–Trinajstić information content (AvgIpc) is 3.94. The Hall–Kier alpha value is -7.82. The van der Waals surface area contributed by atoms with Crippen LogP contribution in [0.25, 0.3) is 72.4 Å². The fourth-order valence-corrected chi connectivity index (χ4v) is 10.8. The highest BCUT2D eigenvalue weighted by molar-refractivity contribution is 6.10. The molecule has 11 aromatic rings. The van der Waals surface area contributed by atoms with Crippen molar-refractivity contribution in [2.75, 3.05) is 4.90 Å². The van der Waals surface area contributed by atoms with Gasteiger partial charge >= 0.3 is 0 Å². The topological polar surface area (TPSA) is 18.0 Å². The average molecular weight is 883 g/mol. The number of rotatable bonds is 10. The molecule has 0 saturated carbocycles. The molecule has 68 heavy (non-hydrogen) atoms. The van der Waals surface area contributed by atoms with E-state index in [0.717, 1.165) is 43.0 Å². The lowest BCUT2D eigenvalue weighted by Crippen LogP contribution is -2.10. The summed E-state index contributed by atoms with van der Waals surface area (Å²) in [6.07, 6.45) is 10.2. The number of allylic oxidation sites excluding steroid dienone is 2. The third-order valence-corrected chi connectivity index (χ3v) is 14.1. The van der Waals surface area contributed by atoms with Crippen molar-refractivity contribution in [3.8, 4) is 5.69 Å². The summed E-state index contributed by atoms with van der Waals surface area (Å²) in [7, 11) is 0. The number of aromatic nitrogens is 3. The molecule has 1 aliphatic rings. The van der Waals surface area contributed by atoms with Gasteiger partial charge in [-0.1, -0.05) is 134 Å². The number of para-hydroxylation sites is 4. The van der Waals surface area contributed by atoms with Crippen LogP contribution in [0.4, 0.5) is 17.1 Å². The zero-order valence-corrected chi connectivity index (χ0v) is 39.6. The molecular formula is C64H58N4. The van der Waals surface area contributed by atoms with Gasteiger partial charge in [0.1, 0.15) is 0 Å². The van der Waals surface area contributed by atoms with E-state index in [2.05, 4.69) is 259 Å². The van der Waals surface area contributed by atoms with E-state index in [4.69, 9.17) is 0 Å². The van der Waals surface area contributed by atoms with E-state index in [1.54, 1.807) is 0 Å². The third-order valence-electron chi connectivity index (χ3n) is 14.1. The van der Waals surface area contributed by atoms with Gasteiger partial charge in [0.15, 0.2) is 0 Å². The lowest BCUT2D eigenvalue weighted by atomic mass is 9.93. The van der Waals surface area contributed by atoms with Crippen molar-refractivity contribution < 1.29 is 0 Å². The Kier molecular flexibility index (Phi) is 11.6. The summed E-state index contributed by atoms with van der Waals surface area (Å²) >= 11 is 0. The van der Waals surface area contributed by atoms with Crippen molar-refractivity contribution in [3.63, 3.8) is 0 Å². The van der Waals surface area contributed by atoms with E-state index < -0.39 is 0 Å². The minimum atomic E-state index is 0.563. The standard InChI is InChI=1S/C40H33N3.C24H25N/c1-3-41-37-19-11-10-18-33(37)35-26-31(21-23-38(35)41)42(29-14-6-4-7-15-29)32-22-24-40-36(27-32)34-25-28(2)13-12-20-39(34)43(40)30-16-8-5-9-17-30;1-3-25-23-12-8-7-11-21(23)22-17-20(15-16-24(22)25)18(2)13-14-19-9-5-4-6-10-19/h4-12,14-27H,3,13H2,1-2H3;4-12,15-18H,3,13-14H2,1-2H3. The predicted molar refractivity (Wildman–Crippen MR) is 292 cm³/mol. The fourth-order valence-electron chi connectivity index (χ4n) is 10.8. The number of anilines is 3. The van der Waals surface area contributed by atoms with Crippen molar-refractivity contribution in [1.29, 1.82) is 0 Å². The first-order chi connectivity index (χ1) is 33.5. The van der Waals surface area contributed by atoms with Gasteiger partial charge < -0.3 is 18.6 Å². The Morgan fingerprint density at radius 1 is 0.500 bits per heavy atom. The molecule has 0 spiro atoms. The van der Waals surface area contributed by atoms with Crippen molar-refractivity contribution in [3.05, 3.63) is 228 Å². The molecule has 0 fully saturated rings. The molecular weight excluding hydrogens is 825 g/mol. The monoisotopic (exact) mass is 882 g/mol. The Morgan fingerprint density at radius 3 is 1.68 bits per heavy atom. The molecule has 1 aliphatic carbocycles. The van der Waals surface area contributed by atoms with Gasteiger partial charge in [-0.3, -0.25) is 0 Å². The second kappa shape index (κ2) is 18.5. The summed E-state index contributed by atoms with van der Waals surface area (Å²) in [6, 6.07) is 70.7. The number of hydrogen-bond acceptors (Lipinski definition) is 1. The highest BCUT2D eigenvalue weighted by atomic mass is 15.1. The van der Waals surface area contributed by atoms with Crippen LogP contribution < -0.4 is 4.90 Å². The summed E-state index contributed by atoms with van der Waals surface area (Å²) in [5.74, 6) is 0.563. The molecule has 0 radical (unpaired) electrons. The molecule has 4 heteroatoms. The highest BCUT2D eigenvalue weighted by Crippen LogP contribution is 2.42. The SMILES string of the molecule is CCn1c2ccccc2c2cc(C(C)CCc3ccccc3)ccc21.CCn1c2ccccc2c2cc(N(c3ccccc3)c3ccc4c(c3)c3c(n4-c4ccccc4)C=CCC(C)=C3)ccc21. The molecule has 8 aromatic carbocycles. The minimum Gasteiger partial charge on any atom is -0.341 e. The van der Waals surface area contributed by atoms with E-state index in [1.807, 2.05) is 0 Å². The van der Waals surface area contributed by atoms with Crippen LogP contribution >= 0.6 is 0 Å². The van der Waals surface area contributed by atoms with Gasteiger partial charge in [-0.05, 0) is 148 Å². The van der Waals surface area contributed by atoms with Gasteiger partial charge in [-0.25, -0.2) is 0 Å². The van der Waals surface area contributed by atoms with Crippen LogP contribution in [0.1, 0.15) is 68.8 Å². The highest BCUT2D eigenvalue weighted by Gasteiger charge is 2.21. The van der Waals surface area contributed by atoms with Crippen LogP contribution in [0, 0.1) is 0 Å². The Labute approximate surface area is 400 Å². The van der Waals surface area contributed by atoms with Crippen LogP contribution in [0.15, 0.2) is 206 Å². The van der Waals surface area contributed by atoms with E-state index in [1.165, 1.54) is 94.6 Å². The zero-order valence-electron chi connectivity index (χ0n) is 39.6. The normalized spacial score (nSPS) is 12.9. The van der Waals surface area contributed by atoms with Gasteiger partial charge in [0, 0.05) is 90.4 Å². The maximum Gasteiger partial charge on any atom is 0.0542 e. The van der Waals surface area contributed by atoms with Crippen LogP contribution in [0.2, 0.25) is 0 Å². The smallest absolute Gasteiger partial charge is 0.0542 e. The first kappa shape index (κ1) is 42.8. The molecule has 0 bridgehead atoms. The number of nitrogens with zero attached hydrogens (tertiary/aromatic N) is 4. The lowest BCUT2D eigenvalue weighted by Gasteiger charge is -2.26. The van der Waals surface area contributed by atoms with Crippen molar-refractivity contribution in [2.45, 2.75) is 66.0 Å². The fraction of sp³-hybridized carbons (Fsp3) is 0.156. The van der Waals surface area contributed by atoms with Crippen molar-refractivity contribution in [2.24, 2.45) is 0 Å². The summed E-state index contributed by atoms with van der Waals surface area (Å²) in [5, 5.41) is 6.59. The molecule has 1 atom stereocenters. The summed E-state index contributed by atoms with van der Waals surface area (Å²) in [5.41, 5.74) is 17.8. The van der Waals surface area contributed by atoms with Crippen LogP contribution in [-0.4, -0.2) is 13.7 Å². The molecule has 3 heterocycles. The second-order valence-electron chi connectivity index (χ2n) is 18.4. The van der Waals surface area contributed by atoms with E-state index in [9.17, 15) is 0 Å². The van der Waals surface area contributed by atoms with Gasteiger partial charge in [-0.2, -0.15) is 0 Å². The number of aryl methyl sites for hydroxylation is 3. The van der Waals surface area contributed by atoms with Gasteiger partial charge in [0.05, 0.1) is 11.2 Å². The third kappa shape index (κ3) is 7.80. The molecule has 1 unspecified atom stereocenters. The Bertz CT molecular complexity index is 3640. The molecule has 4 nitrogen and oxygen atoms in total. The first-order valence-electron chi connectivity index (χ1n) is 24.5. The predicted octanol–water partition coefficient (Wildman–Crippen LogP) is 17.6. The summed E-state index contributed by atoms with van der Waals surface area (Å²) < 4.78 is 7.23. The van der Waals surface area contributed by atoms with E-state index in [0.29, 0.717) is 5.92 Å². The largest absolute Gasteiger partial charge is 0.341 e. The number of fused-ring (bicyclic) bond motifs is 9. The van der Waals surface area contributed by atoms with Gasteiger partial charge in [0.2, 0.25) is 0 Å². The molecule has 0 amide bonds. The van der Waals surface area contributed by atoms with E-state index in [-0.39, 0.29) is 0 Å². The number of hydrogen-bond donors (Lipinski definition) is 0. The van der Waals surface area contributed by atoms with E-state index >= 15 is 0 Å². The lowest BCUT2D eigenvalue weighted by molar-refractivity contribution is 0.680. The molecule has 0 aliphatic heterocycles. The molecule has 334 valence electrons. The van der Waals surface area contributed by atoms with Gasteiger partial charge in [-0.15, -0.1) is 0 Å². The first-order valence-corrected chi connectivity index (χ1v) is 24.5. The minimum absolute atomic E-state index is 0.563. The quantitative estimate of drug-likeness (QED) is 0.134. The molecule has 0 saturated heterocycles. The Morgan fingerprint density at radius 2 is 1.03 bits per heavy atom. The van der Waals surface area contributed by atoms with Crippen LogP contribution in [0.3, 0.4) is 0 Å². The number of benzene rings is 8. The molecule has 3 aromatic heterocycles. The summed E-state index contributed by atoms with van der Waals surface area (Å²) in [4.78, 5) is 2.40. The second-order valence-corrected chi connectivity index (χ2v) is 18.4. The zero-order chi connectivity index (χ0) is 46.1. The van der Waals surface area contributed by atoms with Crippen LogP contribution in [0.5, 0.6) is 0 Å².